The molecule has 0 aromatic carbocycles. The number of aryl methyl sites for hydroxylation is 1. The van der Waals surface area contributed by atoms with Crippen LogP contribution in [0.1, 0.15) is 61.3 Å². The van der Waals surface area contributed by atoms with Crippen molar-refractivity contribution >= 4 is 17.2 Å². The first-order valence-electron chi connectivity index (χ1n) is 11.5. The first-order valence-corrected chi connectivity index (χ1v) is 12.4. The smallest absolute Gasteiger partial charge is 0.278 e. The average molecular weight is 484 g/mol. The van der Waals surface area contributed by atoms with Gasteiger partial charge in [-0.1, -0.05) is 16.5 Å². The van der Waals surface area contributed by atoms with E-state index in [1.165, 1.54) is 11.3 Å². The number of amides is 1. The van der Waals surface area contributed by atoms with E-state index in [-0.39, 0.29) is 18.4 Å². The zero-order valence-electron chi connectivity index (χ0n) is 19.1. The highest BCUT2D eigenvalue weighted by Crippen LogP contribution is 2.32. The number of nitrogens with one attached hydrogen (secondary N) is 1. The van der Waals surface area contributed by atoms with Crippen LogP contribution in [-0.4, -0.2) is 57.6 Å². The van der Waals surface area contributed by atoms with Crippen LogP contribution < -0.4 is 10.1 Å². The number of carbonyl (C=O) groups is 1. The van der Waals surface area contributed by atoms with Crippen molar-refractivity contribution < 1.29 is 22.8 Å². The molecule has 2 aromatic heterocycles. The number of halogens is 2. The molecule has 0 atom stereocenters. The van der Waals surface area contributed by atoms with E-state index in [1.54, 1.807) is 6.92 Å². The van der Waals surface area contributed by atoms with Crippen LogP contribution in [0, 0.1) is 12.8 Å². The van der Waals surface area contributed by atoms with Gasteiger partial charge in [-0.15, -0.1) is 0 Å². The summed E-state index contributed by atoms with van der Waals surface area (Å²) in [7, 11) is 0. The van der Waals surface area contributed by atoms with E-state index in [1.807, 2.05) is 0 Å². The van der Waals surface area contributed by atoms with Gasteiger partial charge in [-0.25, -0.2) is 13.8 Å². The summed E-state index contributed by atoms with van der Waals surface area (Å²) in [4.78, 5) is 24.2. The predicted octanol–water partition coefficient (Wildman–Crippen LogP) is 3.53. The van der Waals surface area contributed by atoms with E-state index in [2.05, 4.69) is 25.3 Å². The average Bonchev–Trinajstić information content (AvgIpc) is 3.36. The van der Waals surface area contributed by atoms with Crippen molar-refractivity contribution in [2.24, 2.45) is 5.92 Å². The number of nitrogens with zero attached hydrogens (tertiary/aromatic N) is 4. The van der Waals surface area contributed by atoms with Crippen LogP contribution in [0.25, 0.3) is 0 Å². The molecule has 0 bridgehead atoms. The van der Waals surface area contributed by atoms with Crippen LogP contribution >= 0.6 is 11.3 Å². The van der Waals surface area contributed by atoms with Gasteiger partial charge in [0.2, 0.25) is 11.8 Å². The summed E-state index contributed by atoms with van der Waals surface area (Å²) in [6.07, 6.45) is 6.30. The van der Waals surface area contributed by atoms with Gasteiger partial charge in [0.15, 0.2) is 12.4 Å². The van der Waals surface area contributed by atoms with E-state index in [0.717, 1.165) is 75.7 Å². The topological polar surface area (TPSA) is 93.4 Å². The molecule has 1 saturated carbocycles. The van der Waals surface area contributed by atoms with Gasteiger partial charge in [-0.05, 0) is 57.9 Å². The van der Waals surface area contributed by atoms with Gasteiger partial charge in [-0.3, -0.25) is 9.69 Å². The minimum absolute atomic E-state index is 0.0690. The highest BCUT2D eigenvalue weighted by Gasteiger charge is 2.27. The third-order valence-corrected chi connectivity index (χ3v) is 7.25. The van der Waals surface area contributed by atoms with Gasteiger partial charge in [0.1, 0.15) is 6.42 Å². The molecule has 1 aliphatic heterocycles. The lowest BCUT2D eigenvalue weighted by atomic mass is 9.84. The number of hydrogen-bond acceptors (Lipinski definition) is 8. The van der Waals surface area contributed by atoms with Crippen molar-refractivity contribution in [1.82, 2.24) is 25.3 Å². The summed E-state index contributed by atoms with van der Waals surface area (Å²) in [5.74, 6) is -1.38. The summed E-state index contributed by atoms with van der Waals surface area (Å²) in [5, 5.41) is 7.15. The van der Waals surface area contributed by atoms with Crippen molar-refractivity contribution in [3.8, 4) is 5.19 Å². The lowest BCUT2D eigenvalue weighted by Gasteiger charge is -2.31. The Morgan fingerprint density at radius 1 is 1.30 bits per heavy atom. The van der Waals surface area contributed by atoms with Gasteiger partial charge >= 0.3 is 0 Å². The van der Waals surface area contributed by atoms with Crippen LogP contribution in [0.3, 0.4) is 0 Å². The lowest BCUT2D eigenvalue weighted by molar-refractivity contribution is -0.121. The minimum atomic E-state index is -2.85. The number of alkyl halides is 2. The molecule has 1 aliphatic carbocycles. The standard InChI is InChI=1S/C22H31F2N5O3S/c1-14-25-20(32-28-14)11-19(30)26-16-5-3-15(4-6-16)7-9-29-10-8-18-17(12-29)27-21(33-18)31-13-22(2,23)24/h15-16H,3-13H2,1-2H3,(H,26,30)/t15-,16-. The second kappa shape index (κ2) is 10.4. The molecular weight excluding hydrogens is 452 g/mol. The predicted molar refractivity (Wildman–Crippen MR) is 118 cm³/mol. The number of aromatic nitrogens is 3. The van der Waals surface area contributed by atoms with Crippen molar-refractivity contribution in [1.29, 1.82) is 0 Å². The third-order valence-electron chi connectivity index (χ3n) is 6.18. The number of rotatable bonds is 9. The van der Waals surface area contributed by atoms with E-state index >= 15 is 0 Å². The molecule has 2 aromatic rings. The molecule has 4 rings (SSSR count). The SMILES string of the molecule is Cc1noc(CC(=O)N[C@H]2CC[C@H](CCN3CCc4sc(OCC(C)(F)F)nc4C3)CC2)n1. The summed E-state index contributed by atoms with van der Waals surface area (Å²) >= 11 is 1.39. The monoisotopic (exact) mass is 483 g/mol. The number of carbonyl (C=O) groups excluding carboxylic acids is 1. The van der Waals surface area contributed by atoms with Crippen LogP contribution in [0.4, 0.5) is 8.78 Å². The first kappa shape index (κ1) is 24.0. The molecular formula is C22H31F2N5O3S. The highest BCUT2D eigenvalue weighted by molar-refractivity contribution is 7.13. The maximum absolute atomic E-state index is 13.0. The molecule has 11 heteroatoms. The number of fused-ring (bicyclic) bond motifs is 1. The summed E-state index contributed by atoms with van der Waals surface area (Å²) < 4.78 is 36.2. The second-order valence-electron chi connectivity index (χ2n) is 9.22. The molecule has 1 amide bonds. The summed E-state index contributed by atoms with van der Waals surface area (Å²) in [6, 6.07) is 0.208. The molecule has 1 N–H and O–H groups in total. The Hall–Kier alpha value is -2.14. The molecule has 0 radical (unpaired) electrons. The third kappa shape index (κ3) is 7.17. The van der Waals surface area contributed by atoms with Crippen LogP contribution in [0.15, 0.2) is 4.52 Å². The molecule has 182 valence electrons. The Labute approximate surface area is 196 Å². The van der Waals surface area contributed by atoms with Crippen molar-refractivity contribution in [3.63, 3.8) is 0 Å². The molecule has 33 heavy (non-hydrogen) atoms. The normalized spacial score (nSPS) is 21.6. The maximum Gasteiger partial charge on any atom is 0.278 e. The fourth-order valence-electron chi connectivity index (χ4n) is 4.46. The number of thiazole rings is 1. The van der Waals surface area contributed by atoms with Crippen LogP contribution in [0.2, 0.25) is 0 Å². The van der Waals surface area contributed by atoms with Gasteiger partial charge in [0.05, 0.1) is 5.69 Å². The van der Waals surface area contributed by atoms with Crippen molar-refractivity contribution in [2.45, 2.75) is 77.3 Å². The van der Waals surface area contributed by atoms with E-state index < -0.39 is 12.5 Å². The summed E-state index contributed by atoms with van der Waals surface area (Å²) in [5.41, 5.74) is 0.962. The Balaban J connectivity index is 1.15. The van der Waals surface area contributed by atoms with Crippen LogP contribution in [0.5, 0.6) is 5.19 Å². The highest BCUT2D eigenvalue weighted by atomic mass is 32.1. The van der Waals surface area contributed by atoms with Gasteiger partial charge < -0.3 is 14.6 Å². The molecule has 8 nitrogen and oxygen atoms in total. The van der Waals surface area contributed by atoms with E-state index in [9.17, 15) is 13.6 Å². The maximum atomic E-state index is 13.0. The molecule has 0 saturated heterocycles. The van der Waals surface area contributed by atoms with Crippen molar-refractivity contribution in [3.05, 3.63) is 22.3 Å². The van der Waals surface area contributed by atoms with Gasteiger partial charge in [0.25, 0.3) is 11.1 Å². The minimum Gasteiger partial charge on any atom is -0.464 e. The fourth-order valence-corrected chi connectivity index (χ4v) is 5.36. The zero-order valence-corrected chi connectivity index (χ0v) is 19.9. The van der Waals surface area contributed by atoms with Crippen molar-refractivity contribution in [2.75, 3.05) is 19.7 Å². The van der Waals surface area contributed by atoms with E-state index in [0.29, 0.717) is 22.8 Å². The number of hydrogen-bond donors (Lipinski definition) is 1. The quantitative estimate of drug-likeness (QED) is 0.583. The second-order valence-corrected chi connectivity index (χ2v) is 10.3. The molecule has 0 spiro atoms. The fraction of sp³-hybridized carbons (Fsp3) is 0.727. The molecule has 3 heterocycles. The molecule has 2 aliphatic rings. The van der Waals surface area contributed by atoms with Gasteiger partial charge in [-0.2, -0.15) is 4.98 Å². The number of ether oxygens (including phenoxy) is 1. The Morgan fingerprint density at radius 3 is 2.79 bits per heavy atom. The van der Waals surface area contributed by atoms with Crippen LogP contribution in [-0.2, 0) is 24.2 Å². The molecule has 1 fully saturated rings. The molecule has 0 unspecified atom stereocenters. The Kier molecular flexibility index (Phi) is 7.58. The summed E-state index contributed by atoms with van der Waals surface area (Å²) in [6.45, 7) is 4.65. The first-order chi connectivity index (χ1) is 15.7. The largest absolute Gasteiger partial charge is 0.464 e. The van der Waals surface area contributed by atoms with Gasteiger partial charge in [0, 0.05) is 30.9 Å². The zero-order chi connectivity index (χ0) is 23.4. The Bertz CT molecular complexity index is 937. The van der Waals surface area contributed by atoms with E-state index in [4.69, 9.17) is 9.26 Å². The lowest BCUT2D eigenvalue weighted by Crippen LogP contribution is -2.39. The Morgan fingerprint density at radius 2 is 2.09 bits per heavy atom.